The van der Waals surface area contributed by atoms with Crippen molar-refractivity contribution in [2.45, 2.75) is 32.2 Å². The van der Waals surface area contributed by atoms with Crippen LogP contribution < -0.4 is 10.9 Å². The number of aromatic amines is 1. The van der Waals surface area contributed by atoms with Gasteiger partial charge in [0.1, 0.15) is 0 Å². The van der Waals surface area contributed by atoms with Crippen molar-refractivity contribution in [2.75, 3.05) is 13.2 Å². The van der Waals surface area contributed by atoms with E-state index in [0.29, 0.717) is 31.9 Å². The normalized spacial score (nSPS) is 18.0. The van der Waals surface area contributed by atoms with Crippen LogP contribution in [-0.4, -0.2) is 34.3 Å². The number of ether oxygens (including phenoxy) is 1. The van der Waals surface area contributed by atoms with E-state index in [1.54, 1.807) is 0 Å². The second-order valence-electron chi connectivity index (χ2n) is 6.22. The van der Waals surface area contributed by atoms with Gasteiger partial charge < -0.3 is 15.0 Å². The summed E-state index contributed by atoms with van der Waals surface area (Å²) in [7, 11) is 0. The van der Waals surface area contributed by atoms with Gasteiger partial charge in [-0.25, -0.2) is 0 Å². The molecule has 7 nitrogen and oxygen atoms in total. The first-order valence-corrected chi connectivity index (χ1v) is 8.56. The Bertz CT molecular complexity index is 769. The zero-order valence-electron chi connectivity index (χ0n) is 14.2. The fraction of sp³-hybridized carbons (Fsp3) is 0.444. The third-order valence-corrected chi connectivity index (χ3v) is 4.34. The lowest BCUT2D eigenvalue weighted by Crippen LogP contribution is -2.34. The summed E-state index contributed by atoms with van der Waals surface area (Å²) in [5, 5.41) is 11.1. The maximum Gasteiger partial charge on any atom is 0.275 e. The topological polar surface area (TPSA) is 97.0 Å². The van der Waals surface area contributed by atoms with Crippen molar-refractivity contribution in [3.63, 3.8) is 0 Å². The minimum absolute atomic E-state index is 0.0873. The molecule has 7 heteroatoms. The summed E-state index contributed by atoms with van der Waals surface area (Å²) in [6.07, 6.45) is 1.87. The van der Waals surface area contributed by atoms with Crippen LogP contribution in [0.4, 0.5) is 0 Å². The van der Waals surface area contributed by atoms with Crippen molar-refractivity contribution in [2.24, 2.45) is 5.92 Å². The molecule has 1 aliphatic rings. The van der Waals surface area contributed by atoms with Gasteiger partial charge in [-0.05, 0) is 18.8 Å². The Labute approximate surface area is 145 Å². The van der Waals surface area contributed by atoms with E-state index < -0.39 is 6.04 Å². The summed E-state index contributed by atoms with van der Waals surface area (Å²) in [4.78, 5) is 27.4. The molecule has 0 spiro atoms. The average molecular weight is 342 g/mol. The molecule has 1 saturated heterocycles. The zero-order chi connectivity index (χ0) is 17.6. The molecule has 1 aromatic heterocycles. The van der Waals surface area contributed by atoms with E-state index in [-0.39, 0.29) is 23.1 Å². The minimum Gasteiger partial charge on any atom is -0.381 e. The molecule has 0 aliphatic carbocycles. The summed E-state index contributed by atoms with van der Waals surface area (Å²) < 4.78 is 5.29. The van der Waals surface area contributed by atoms with E-state index in [1.807, 2.05) is 37.3 Å². The van der Waals surface area contributed by atoms with Gasteiger partial charge in [-0.1, -0.05) is 37.3 Å². The highest BCUT2D eigenvalue weighted by Gasteiger charge is 2.23. The van der Waals surface area contributed by atoms with E-state index in [9.17, 15) is 9.59 Å². The molecule has 25 heavy (non-hydrogen) atoms. The number of hydrogen-bond donors (Lipinski definition) is 2. The smallest absolute Gasteiger partial charge is 0.275 e. The van der Waals surface area contributed by atoms with Crippen LogP contribution >= 0.6 is 0 Å². The SMILES string of the molecule is CCC(NC(=O)CC1CCOC1)c1nnc(-c2ccccc2)[nH]c1=O. The monoisotopic (exact) mass is 342 g/mol. The summed E-state index contributed by atoms with van der Waals surface area (Å²) in [5.74, 6) is 0.580. The van der Waals surface area contributed by atoms with Crippen LogP contribution in [0.15, 0.2) is 35.1 Å². The lowest BCUT2D eigenvalue weighted by molar-refractivity contribution is -0.122. The molecule has 2 unspecified atom stereocenters. The fourth-order valence-electron chi connectivity index (χ4n) is 2.92. The number of benzene rings is 1. The van der Waals surface area contributed by atoms with Crippen molar-refractivity contribution in [1.82, 2.24) is 20.5 Å². The number of carbonyl (C=O) groups is 1. The van der Waals surface area contributed by atoms with Gasteiger partial charge in [0.15, 0.2) is 11.5 Å². The minimum atomic E-state index is -0.448. The van der Waals surface area contributed by atoms with Crippen molar-refractivity contribution >= 4 is 5.91 Å². The zero-order valence-corrected chi connectivity index (χ0v) is 14.2. The lowest BCUT2D eigenvalue weighted by Gasteiger charge is -2.16. The summed E-state index contributed by atoms with van der Waals surface area (Å²) >= 11 is 0. The molecule has 2 N–H and O–H groups in total. The standard InChI is InChI=1S/C18H22N4O3/c1-2-14(19-15(23)10-12-8-9-25-11-12)16-18(24)20-17(22-21-16)13-6-4-3-5-7-13/h3-7,12,14H,2,8-11H2,1H3,(H,19,23)(H,20,22,24). The van der Waals surface area contributed by atoms with Crippen LogP contribution in [0.3, 0.4) is 0 Å². The van der Waals surface area contributed by atoms with Crippen LogP contribution in [0.25, 0.3) is 11.4 Å². The number of carbonyl (C=O) groups excluding carboxylic acids is 1. The van der Waals surface area contributed by atoms with Gasteiger partial charge >= 0.3 is 0 Å². The third kappa shape index (κ3) is 4.30. The lowest BCUT2D eigenvalue weighted by atomic mass is 10.0. The van der Waals surface area contributed by atoms with Gasteiger partial charge in [-0.3, -0.25) is 9.59 Å². The number of nitrogens with zero attached hydrogens (tertiary/aromatic N) is 2. The second kappa shape index (κ2) is 8.02. The van der Waals surface area contributed by atoms with Gasteiger partial charge in [0.25, 0.3) is 5.56 Å². The number of hydrogen-bond acceptors (Lipinski definition) is 5. The quantitative estimate of drug-likeness (QED) is 0.835. The predicted molar refractivity (Wildman–Crippen MR) is 92.8 cm³/mol. The largest absolute Gasteiger partial charge is 0.381 e. The van der Waals surface area contributed by atoms with E-state index in [2.05, 4.69) is 20.5 Å². The average Bonchev–Trinajstić information content (AvgIpc) is 3.13. The molecule has 2 aromatic rings. The maximum absolute atomic E-state index is 12.4. The molecular weight excluding hydrogens is 320 g/mol. The van der Waals surface area contributed by atoms with Crippen molar-refractivity contribution in [3.05, 3.63) is 46.4 Å². The first-order chi connectivity index (χ1) is 12.2. The molecule has 0 saturated carbocycles. The van der Waals surface area contributed by atoms with Crippen molar-refractivity contribution < 1.29 is 9.53 Å². The molecule has 1 fully saturated rings. The molecule has 1 aliphatic heterocycles. The first kappa shape index (κ1) is 17.3. The number of rotatable bonds is 6. The Morgan fingerprint density at radius 2 is 2.16 bits per heavy atom. The Hall–Kier alpha value is -2.54. The number of nitrogens with one attached hydrogen (secondary N) is 2. The van der Waals surface area contributed by atoms with Gasteiger partial charge in [0.05, 0.1) is 6.04 Å². The predicted octanol–water partition coefficient (Wildman–Crippen LogP) is 1.83. The molecule has 1 aromatic carbocycles. The Kier molecular flexibility index (Phi) is 5.55. The highest BCUT2D eigenvalue weighted by atomic mass is 16.5. The Morgan fingerprint density at radius 3 is 2.80 bits per heavy atom. The van der Waals surface area contributed by atoms with E-state index in [4.69, 9.17) is 4.74 Å². The van der Waals surface area contributed by atoms with Gasteiger partial charge in [-0.15, -0.1) is 10.2 Å². The van der Waals surface area contributed by atoms with E-state index in [0.717, 1.165) is 12.0 Å². The number of aromatic nitrogens is 3. The number of H-pyrrole nitrogens is 1. The van der Waals surface area contributed by atoms with E-state index in [1.165, 1.54) is 0 Å². The molecular formula is C18H22N4O3. The van der Waals surface area contributed by atoms with Crippen molar-refractivity contribution in [3.8, 4) is 11.4 Å². The van der Waals surface area contributed by atoms with Gasteiger partial charge in [-0.2, -0.15) is 0 Å². The second-order valence-corrected chi connectivity index (χ2v) is 6.22. The maximum atomic E-state index is 12.4. The molecule has 132 valence electrons. The van der Waals surface area contributed by atoms with E-state index >= 15 is 0 Å². The van der Waals surface area contributed by atoms with Crippen LogP contribution in [0.2, 0.25) is 0 Å². The van der Waals surface area contributed by atoms with Crippen LogP contribution in [-0.2, 0) is 9.53 Å². The van der Waals surface area contributed by atoms with Crippen molar-refractivity contribution in [1.29, 1.82) is 0 Å². The van der Waals surface area contributed by atoms with Crippen LogP contribution in [0.5, 0.6) is 0 Å². The molecule has 0 bridgehead atoms. The molecule has 2 heterocycles. The molecule has 3 rings (SSSR count). The van der Waals surface area contributed by atoms with Crippen LogP contribution in [0, 0.1) is 5.92 Å². The fourth-order valence-corrected chi connectivity index (χ4v) is 2.92. The summed E-state index contributed by atoms with van der Waals surface area (Å²) in [5.41, 5.74) is 0.695. The first-order valence-electron chi connectivity index (χ1n) is 8.56. The Balaban J connectivity index is 1.72. The van der Waals surface area contributed by atoms with Crippen LogP contribution in [0.1, 0.15) is 37.9 Å². The summed E-state index contributed by atoms with van der Waals surface area (Å²) in [6, 6.07) is 8.87. The molecule has 0 radical (unpaired) electrons. The number of amides is 1. The highest BCUT2D eigenvalue weighted by molar-refractivity contribution is 5.76. The highest BCUT2D eigenvalue weighted by Crippen LogP contribution is 2.18. The summed E-state index contributed by atoms with van der Waals surface area (Å²) in [6.45, 7) is 3.23. The third-order valence-electron chi connectivity index (χ3n) is 4.34. The Morgan fingerprint density at radius 1 is 1.36 bits per heavy atom. The molecule has 1 amide bonds. The van der Waals surface area contributed by atoms with Gasteiger partial charge in [0.2, 0.25) is 5.91 Å². The molecule has 2 atom stereocenters. The van der Waals surface area contributed by atoms with Gasteiger partial charge in [0, 0.05) is 25.2 Å².